The Morgan fingerprint density at radius 3 is 2.62 bits per heavy atom. The summed E-state index contributed by atoms with van der Waals surface area (Å²) in [5, 5.41) is 9.01. The average Bonchev–Trinajstić information content (AvgIpc) is 2.02. The van der Waals surface area contributed by atoms with Crippen molar-refractivity contribution in [1.82, 2.24) is 9.97 Å². The zero-order chi connectivity index (χ0) is 10.0. The fourth-order valence-corrected chi connectivity index (χ4v) is 1.36. The van der Waals surface area contributed by atoms with E-state index in [0.29, 0.717) is 11.4 Å². The van der Waals surface area contributed by atoms with Crippen molar-refractivity contribution in [3.8, 4) is 0 Å². The van der Waals surface area contributed by atoms with Crippen molar-refractivity contribution < 1.29 is 5.11 Å². The Morgan fingerprint density at radius 1 is 1.54 bits per heavy atom. The van der Waals surface area contributed by atoms with Gasteiger partial charge in [0.25, 0.3) is 0 Å². The number of nitrogen functional groups attached to an aromatic ring is 1. The summed E-state index contributed by atoms with van der Waals surface area (Å²) in [5.74, 6) is 0.704. The highest BCUT2D eigenvalue weighted by Gasteiger charge is 2.15. The van der Waals surface area contributed by atoms with Crippen LogP contribution in [0, 0.1) is 6.92 Å². The van der Waals surface area contributed by atoms with E-state index in [0.717, 1.165) is 0 Å². The Balaban J connectivity index is 3.20. The molecule has 0 saturated carbocycles. The lowest BCUT2D eigenvalue weighted by Crippen LogP contribution is -2.18. The standard InChI is InChI=1S/C7H11ClN4O/c1-3-11-6(8)5(4(9)2-13)7(10)12-3/h4,13H,2,9H2,1H3,(H2,10,11,12). The van der Waals surface area contributed by atoms with Crippen LogP contribution >= 0.6 is 11.6 Å². The summed E-state index contributed by atoms with van der Waals surface area (Å²) < 4.78 is 0. The summed E-state index contributed by atoms with van der Waals surface area (Å²) in [6, 6.07) is -0.631. The number of nitrogens with zero attached hydrogens (tertiary/aromatic N) is 2. The van der Waals surface area contributed by atoms with E-state index in [9.17, 15) is 0 Å². The molecule has 0 radical (unpaired) electrons. The molecule has 5 N–H and O–H groups in total. The summed E-state index contributed by atoms with van der Waals surface area (Å²) in [4.78, 5) is 7.78. The number of aromatic nitrogens is 2. The number of aryl methyl sites for hydroxylation is 1. The third-order valence-electron chi connectivity index (χ3n) is 1.61. The quantitative estimate of drug-likeness (QED) is 0.587. The number of aliphatic hydroxyl groups is 1. The van der Waals surface area contributed by atoms with Crippen molar-refractivity contribution in [2.24, 2.45) is 5.73 Å². The second-order valence-electron chi connectivity index (χ2n) is 2.65. The Hall–Kier alpha value is -0.910. The van der Waals surface area contributed by atoms with Crippen LogP contribution < -0.4 is 11.5 Å². The smallest absolute Gasteiger partial charge is 0.139 e. The Kier molecular flexibility index (Phi) is 3.02. The minimum Gasteiger partial charge on any atom is -0.394 e. The third kappa shape index (κ3) is 2.06. The average molecular weight is 203 g/mol. The normalized spacial score (nSPS) is 12.9. The number of hydrogen-bond acceptors (Lipinski definition) is 5. The van der Waals surface area contributed by atoms with Gasteiger partial charge >= 0.3 is 0 Å². The zero-order valence-corrected chi connectivity index (χ0v) is 7.91. The third-order valence-corrected chi connectivity index (χ3v) is 1.90. The topological polar surface area (TPSA) is 98.0 Å². The highest BCUT2D eigenvalue weighted by atomic mass is 35.5. The number of anilines is 1. The molecular formula is C7H11ClN4O. The number of halogens is 1. The summed E-state index contributed by atoms with van der Waals surface area (Å²) in [5.41, 5.74) is 11.5. The van der Waals surface area contributed by atoms with Gasteiger partial charge in [-0.15, -0.1) is 0 Å². The van der Waals surface area contributed by atoms with Crippen molar-refractivity contribution >= 4 is 17.4 Å². The van der Waals surface area contributed by atoms with Crippen molar-refractivity contribution in [3.63, 3.8) is 0 Å². The molecule has 0 fully saturated rings. The summed E-state index contributed by atoms with van der Waals surface area (Å²) in [7, 11) is 0. The molecule has 72 valence electrons. The SMILES string of the molecule is Cc1nc(N)c(C(N)CO)c(Cl)n1. The first-order valence-electron chi connectivity index (χ1n) is 3.72. The van der Waals surface area contributed by atoms with E-state index in [1.807, 2.05) is 0 Å². The van der Waals surface area contributed by atoms with E-state index in [2.05, 4.69) is 9.97 Å². The van der Waals surface area contributed by atoms with Crippen molar-refractivity contribution in [1.29, 1.82) is 0 Å². The lowest BCUT2D eigenvalue weighted by molar-refractivity contribution is 0.268. The van der Waals surface area contributed by atoms with E-state index in [1.165, 1.54) is 0 Å². The molecule has 13 heavy (non-hydrogen) atoms. The molecule has 5 nitrogen and oxygen atoms in total. The summed E-state index contributed by atoms with van der Waals surface area (Å²) >= 11 is 5.79. The summed E-state index contributed by atoms with van der Waals surface area (Å²) in [6.07, 6.45) is 0. The van der Waals surface area contributed by atoms with Crippen molar-refractivity contribution in [2.45, 2.75) is 13.0 Å². The molecule has 0 aliphatic rings. The van der Waals surface area contributed by atoms with E-state index >= 15 is 0 Å². The largest absolute Gasteiger partial charge is 0.394 e. The van der Waals surface area contributed by atoms with Crippen LogP contribution in [-0.2, 0) is 0 Å². The van der Waals surface area contributed by atoms with Gasteiger partial charge in [0.05, 0.1) is 18.2 Å². The molecule has 0 bridgehead atoms. The van der Waals surface area contributed by atoms with E-state index in [-0.39, 0.29) is 17.6 Å². The first kappa shape index (κ1) is 10.2. The van der Waals surface area contributed by atoms with Gasteiger partial charge in [0.15, 0.2) is 0 Å². The predicted octanol–water partition coefficient (Wildman–Crippen LogP) is 0.0127. The van der Waals surface area contributed by atoms with Gasteiger partial charge in [0.2, 0.25) is 0 Å². The summed E-state index contributed by atoms with van der Waals surface area (Å²) in [6.45, 7) is 1.44. The van der Waals surface area contributed by atoms with Crippen LogP contribution in [0.2, 0.25) is 5.15 Å². The van der Waals surface area contributed by atoms with E-state index in [4.69, 9.17) is 28.2 Å². The van der Waals surface area contributed by atoms with E-state index < -0.39 is 6.04 Å². The van der Waals surface area contributed by atoms with Crippen molar-refractivity contribution in [3.05, 3.63) is 16.5 Å². The second kappa shape index (κ2) is 3.87. The van der Waals surface area contributed by atoms with Gasteiger partial charge in [-0.2, -0.15) is 0 Å². The van der Waals surface area contributed by atoms with Gasteiger partial charge in [-0.1, -0.05) is 11.6 Å². The minimum atomic E-state index is -0.631. The molecule has 6 heteroatoms. The fraction of sp³-hybridized carbons (Fsp3) is 0.429. The molecule has 0 aliphatic carbocycles. The van der Waals surface area contributed by atoms with Crippen LogP contribution in [0.15, 0.2) is 0 Å². The number of aliphatic hydroxyl groups excluding tert-OH is 1. The fourth-order valence-electron chi connectivity index (χ4n) is 1.00. The molecule has 1 atom stereocenters. The van der Waals surface area contributed by atoms with Crippen LogP contribution in [0.4, 0.5) is 5.82 Å². The Morgan fingerprint density at radius 2 is 2.15 bits per heavy atom. The minimum absolute atomic E-state index is 0.201. The van der Waals surface area contributed by atoms with Gasteiger partial charge in [-0.3, -0.25) is 0 Å². The molecule has 1 heterocycles. The number of hydrogen-bond donors (Lipinski definition) is 3. The molecule has 1 aromatic rings. The van der Waals surface area contributed by atoms with Crippen molar-refractivity contribution in [2.75, 3.05) is 12.3 Å². The number of rotatable bonds is 2. The maximum absolute atomic E-state index is 8.81. The number of nitrogens with two attached hydrogens (primary N) is 2. The highest BCUT2D eigenvalue weighted by Crippen LogP contribution is 2.23. The molecule has 1 unspecified atom stereocenters. The maximum atomic E-state index is 8.81. The van der Waals surface area contributed by atoms with Crippen LogP contribution in [0.5, 0.6) is 0 Å². The van der Waals surface area contributed by atoms with Crippen LogP contribution in [0.3, 0.4) is 0 Å². The zero-order valence-electron chi connectivity index (χ0n) is 7.16. The second-order valence-corrected chi connectivity index (χ2v) is 3.01. The predicted molar refractivity (Wildman–Crippen MR) is 50.2 cm³/mol. The first-order chi connectivity index (χ1) is 6.06. The monoisotopic (exact) mass is 202 g/mol. The maximum Gasteiger partial charge on any atom is 0.139 e. The molecule has 0 aliphatic heterocycles. The van der Waals surface area contributed by atoms with Gasteiger partial charge in [-0.25, -0.2) is 9.97 Å². The van der Waals surface area contributed by atoms with Gasteiger partial charge in [-0.05, 0) is 6.92 Å². The molecule has 1 rings (SSSR count). The van der Waals surface area contributed by atoms with Gasteiger partial charge < -0.3 is 16.6 Å². The Bertz CT molecular complexity index is 294. The Labute approximate surface area is 80.7 Å². The molecular weight excluding hydrogens is 192 g/mol. The molecule has 0 saturated heterocycles. The van der Waals surface area contributed by atoms with Crippen LogP contribution in [0.1, 0.15) is 17.4 Å². The lowest BCUT2D eigenvalue weighted by atomic mass is 10.1. The van der Waals surface area contributed by atoms with Gasteiger partial charge in [0.1, 0.15) is 16.8 Å². The first-order valence-corrected chi connectivity index (χ1v) is 4.10. The van der Waals surface area contributed by atoms with Gasteiger partial charge in [0, 0.05) is 0 Å². The lowest BCUT2D eigenvalue weighted by Gasteiger charge is -2.12. The van der Waals surface area contributed by atoms with Crippen LogP contribution in [0.25, 0.3) is 0 Å². The van der Waals surface area contributed by atoms with E-state index in [1.54, 1.807) is 6.92 Å². The molecule has 0 spiro atoms. The molecule has 1 aromatic heterocycles. The van der Waals surface area contributed by atoms with Crippen LogP contribution in [-0.4, -0.2) is 21.7 Å². The highest BCUT2D eigenvalue weighted by molar-refractivity contribution is 6.30. The molecule has 0 aromatic carbocycles. The molecule has 0 amide bonds.